The van der Waals surface area contributed by atoms with Crippen molar-refractivity contribution in [1.82, 2.24) is 9.78 Å². The molecule has 1 atom stereocenters. The first kappa shape index (κ1) is 17.3. The molecule has 0 amide bonds. The first-order valence-corrected chi connectivity index (χ1v) is 8.24. The molecule has 3 N–H and O–H groups in total. The predicted octanol–water partition coefficient (Wildman–Crippen LogP) is 2.58. The van der Waals surface area contributed by atoms with Crippen molar-refractivity contribution in [3.05, 3.63) is 39.6 Å². The molecule has 0 aliphatic heterocycles. The van der Waals surface area contributed by atoms with Crippen LogP contribution in [0.5, 0.6) is 5.88 Å². The van der Waals surface area contributed by atoms with E-state index in [1.165, 1.54) is 13.2 Å². The molecule has 2 aromatic rings. The van der Waals surface area contributed by atoms with Crippen LogP contribution >= 0.6 is 11.6 Å². The van der Waals surface area contributed by atoms with Gasteiger partial charge in [0.1, 0.15) is 0 Å². The van der Waals surface area contributed by atoms with Crippen LogP contribution < -0.4 is 16.0 Å². The second-order valence-corrected chi connectivity index (χ2v) is 6.55. The minimum Gasteiger partial charge on any atom is -0.480 e. The summed E-state index contributed by atoms with van der Waals surface area (Å²) in [5.74, 6) is -0.641. The van der Waals surface area contributed by atoms with E-state index in [2.05, 4.69) is 5.10 Å². The van der Waals surface area contributed by atoms with Crippen molar-refractivity contribution in [3.8, 4) is 17.0 Å². The van der Waals surface area contributed by atoms with E-state index in [9.17, 15) is 14.7 Å². The molecule has 0 spiro atoms. The maximum absolute atomic E-state index is 12.5. The zero-order valence-electron chi connectivity index (χ0n) is 13.6. The van der Waals surface area contributed by atoms with Crippen LogP contribution in [0.3, 0.4) is 0 Å². The average Bonchev–Trinajstić information content (AvgIpc) is 3.39. The fraction of sp³-hybridized carbons (Fsp3) is 0.353. The molecule has 0 bridgehead atoms. The Labute approximate surface area is 149 Å². The lowest BCUT2D eigenvalue weighted by molar-refractivity contribution is -0.141. The summed E-state index contributed by atoms with van der Waals surface area (Å²) < 4.78 is 6.25. The second-order valence-electron chi connectivity index (χ2n) is 6.11. The molecule has 3 rings (SSSR count). The molecule has 1 saturated carbocycles. The largest absolute Gasteiger partial charge is 0.480 e. The Morgan fingerprint density at radius 3 is 2.76 bits per heavy atom. The lowest BCUT2D eigenvalue weighted by atomic mass is 10.1. The van der Waals surface area contributed by atoms with E-state index in [4.69, 9.17) is 22.1 Å². The Hall–Kier alpha value is -2.54. The number of nitrogens with zero attached hydrogens (tertiary/aromatic N) is 2. The second kappa shape index (κ2) is 6.76. The smallest absolute Gasteiger partial charge is 0.328 e. The maximum atomic E-state index is 12.5. The van der Waals surface area contributed by atoms with Crippen LogP contribution in [0.2, 0.25) is 5.02 Å². The minimum atomic E-state index is -1.08. The third kappa shape index (κ3) is 3.61. The summed E-state index contributed by atoms with van der Waals surface area (Å²) in [4.78, 5) is 24.1. The van der Waals surface area contributed by atoms with E-state index in [0.717, 1.165) is 17.5 Å². The summed E-state index contributed by atoms with van der Waals surface area (Å²) in [6, 6.07) is 5.14. The highest BCUT2D eigenvalue weighted by molar-refractivity contribution is 6.31. The zero-order chi connectivity index (χ0) is 18.1. The lowest BCUT2D eigenvalue weighted by Crippen LogP contribution is -2.32. The molecule has 25 heavy (non-hydrogen) atoms. The van der Waals surface area contributed by atoms with E-state index >= 15 is 0 Å². The van der Waals surface area contributed by atoms with Crippen LogP contribution in [0.15, 0.2) is 29.1 Å². The van der Waals surface area contributed by atoms with Crippen LogP contribution in [-0.4, -0.2) is 28.0 Å². The molecule has 0 saturated heterocycles. The van der Waals surface area contributed by atoms with E-state index < -0.39 is 17.6 Å². The molecule has 0 radical (unpaired) electrons. The number of benzene rings is 1. The van der Waals surface area contributed by atoms with Gasteiger partial charge in [-0.3, -0.25) is 4.79 Å². The minimum absolute atomic E-state index is 0.121. The number of methoxy groups -OCH3 is 1. The van der Waals surface area contributed by atoms with Gasteiger partial charge in [0.05, 0.1) is 12.7 Å². The average molecular weight is 364 g/mol. The highest BCUT2D eigenvalue weighted by atomic mass is 35.5. The Bertz CT molecular complexity index is 877. The molecule has 1 aliphatic carbocycles. The number of carbonyl (C=O) groups is 1. The van der Waals surface area contributed by atoms with Crippen molar-refractivity contribution in [2.75, 3.05) is 12.8 Å². The van der Waals surface area contributed by atoms with Gasteiger partial charge in [0.15, 0.2) is 6.04 Å². The zero-order valence-corrected chi connectivity index (χ0v) is 14.4. The summed E-state index contributed by atoms with van der Waals surface area (Å²) in [6.07, 6.45) is 2.34. The van der Waals surface area contributed by atoms with Crippen LogP contribution in [-0.2, 0) is 4.79 Å². The van der Waals surface area contributed by atoms with Crippen LogP contribution in [0.4, 0.5) is 5.69 Å². The van der Waals surface area contributed by atoms with Gasteiger partial charge in [0.25, 0.3) is 5.56 Å². The molecule has 132 valence electrons. The summed E-state index contributed by atoms with van der Waals surface area (Å²) in [5.41, 5.74) is 6.74. The maximum Gasteiger partial charge on any atom is 0.328 e. The van der Waals surface area contributed by atoms with Crippen molar-refractivity contribution in [3.63, 3.8) is 0 Å². The number of hydrogen-bond acceptors (Lipinski definition) is 5. The highest BCUT2D eigenvalue weighted by Gasteiger charge is 2.32. The number of aliphatic carboxylic acids is 1. The van der Waals surface area contributed by atoms with Gasteiger partial charge in [-0.15, -0.1) is 5.10 Å². The number of hydrogen-bond donors (Lipinski definition) is 2. The van der Waals surface area contributed by atoms with Crippen molar-refractivity contribution >= 4 is 23.3 Å². The summed E-state index contributed by atoms with van der Waals surface area (Å²) in [7, 11) is 1.40. The number of rotatable bonds is 6. The van der Waals surface area contributed by atoms with E-state index in [0.29, 0.717) is 34.2 Å². The molecule has 8 heteroatoms. The number of anilines is 1. The van der Waals surface area contributed by atoms with Gasteiger partial charge in [-0.05, 0) is 30.5 Å². The summed E-state index contributed by atoms with van der Waals surface area (Å²) in [6.45, 7) is 0. The molecular weight excluding hydrogens is 346 g/mol. The van der Waals surface area contributed by atoms with Crippen molar-refractivity contribution < 1.29 is 14.6 Å². The molecular formula is C17H18ClN3O4. The third-order valence-corrected chi connectivity index (χ3v) is 4.49. The standard InChI is InChI=1S/C17H18ClN3O4/c1-25-16-12(11-7-10(18)4-5-13(11)19)8-15(22)21(20-16)14(17(23)24)6-9-2-3-9/h4-5,7-9,14H,2-3,6,19H2,1H3,(H,23,24). The molecule has 1 aromatic heterocycles. The van der Waals surface area contributed by atoms with Crippen molar-refractivity contribution in [2.45, 2.75) is 25.3 Å². The normalized spacial score (nSPS) is 15.0. The van der Waals surface area contributed by atoms with E-state index in [1.807, 2.05) is 0 Å². The molecule has 1 fully saturated rings. The fourth-order valence-electron chi connectivity index (χ4n) is 2.76. The Morgan fingerprint density at radius 1 is 1.44 bits per heavy atom. The fourth-order valence-corrected chi connectivity index (χ4v) is 2.93. The van der Waals surface area contributed by atoms with E-state index in [1.54, 1.807) is 18.2 Å². The molecule has 1 unspecified atom stereocenters. The van der Waals surface area contributed by atoms with Gasteiger partial charge >= 0.3 is 5.97 Å². The van der Waals surface area contributed by atoms with Gasteiger partial charge < -0.3 is 15.6 Å². The summed E-state index contributed by atoms with van der Waals surface area (Å²) in [5, 5.41) is 14.1. The number of carboxylic acids is 1. The predicted molar refractivity (Wildman–Crippen MR) is 93.9 cm³/mol. The monoisotopic (exact) mass is 363 g/mol. The lowest BCUT2D eigenvalue weighted by Gasteiger charge is -2.17. The van der Waals surface area contributed by atoms with Crippen LogP contribution in [0.1, 0.15) is 25.3 Å². The number of halogens is 1. The first-order chi connectivity index (χ1) is 11.9. The Balaban J connectivity index is 2.11. The van der Waals surface area contributed by atoms with Crippen LogP contribution in [0.25, 0.3) is 11.1 Å². The van der Waals surface area contributed by atoms with E-state index in [-0.39, 0.29) is 5.88 Å². The SMILES string of the molecule is COc1nn(C(CC2CC2)C(=O)O)c(=O)cc1-c1cc(Cl)ccc1N. The topological polar surface area (TPSA) is 107 Å². The molecule has 1 aromatic carbocycles. The van der Waals surface area contributed by atoms with Gasteiger partial charge in [0.2, 0.25) is 5.88 Å². The molecule has 1 aliphatic rings. The highest BCUT2D eigenvalue weighted by Crippen LogP contribution is 2.37. The van der Waals surface area contributed by atoms with Crippen molar-refractivity contribution in [2.24, 2.45) is 5.92 Å². The quantitative estimate of drug-likeness (QED) is 0.764. The van der Waals surface area contributed by atoms with Crippen LogP contribution in [0, 0.1) is 5.92 Å². The molecule has 1 heterocycles. The number of ether oxygens (including phenoxy) is 1. The third-order valence-electron chi connectivity index (χ3n) is 4.26. The van der Waals surface area contributed by atoms with Gasteiger partial charge in [0, 0.05) is 22.3 Å². The summed E-state index contributed by atoms with van der Waals surface area (Å²) >= 11 is 6.01. The van der Waals surface area contributed by atoms with Gasteiger partial charge in [-0.2, -0.15) is 0 Å². The number of carboxylic acid groups (broad SMARTS) is 1. The molecule has 7 nitrogen and oxygen atoms in total. The number of nitrogens with two attached hydrogens (primary N) is 1. The number of nitrogen functional groups attached to an aromatic ring is 1. The Kier molecular flexibility index (Phi) is 4.67. The van der Waals surface area contributed by atoms with Gasteiger partial charge in [-0.25, -0.2) is 9.48 Å². The Morgan fingerprint density at radius 2 is 2.16 bits per heavy atom. The number of aromatic nitrogens is 2. The van der Waals surface area contributed by atoms with Crippen molar-refractivity contribution in [1.29, 1.82) is 0 Å². The first-order valence-electron chi connectivity index (χ1n) is 7.86. The van der Waals surface area contributed by atoms with Gasteiger partial charge in [-0.1, -0.05) is 24.4 Å².